The van der Waals surface area contributed by atoms with Crippen LogP contribution in [0.15, 0.2) is 6.33 Å². The summed E-state index contributed by atoms with van der Waals surface area (Å²) in [7, 11) is 1.61. The number of hydrogen-bond donors (Lipinski definition) is 1. The molecule has 1 aliphatic rings. The van der Waals surface area contributed by atoms with Gasteiger partial charge < -0.3 is 15.4 Å². The van der Waals surface area contributed by atoms with Crippen LogP contribution >= 0.6 is 0 Å². The van der Waals surface area contributed by atoms with E-state index in [1.54, 1.807) is 7.11 Å². The third kappa shape index (κ3) is 2.49. The molecule has 0 aliphatic carbocycles. The van der Waals surface area contributed by atoms with Gasteiger partial charge in [0.25, 0.3) is 0 Å². The number of anilines is 2. The molecule has 5 heteroatoms. The van der Waals surface area contributed by atoms with Crippen LogP contribution in [0.3, 0.4) is 0 Å². The lowest BCUT2D eigenvalue weighted by molar-refractivity contribution is 0.309. The molecule has 0 atom stereocenters. The molecule has 1 aliphatic heterocycles. The fourth-order valence-electron chi connectivity index (χ4n) is 2.58. The average Bonchev–Trinajstić information content (AvgIpc) is 2.38. The molecule has 0 radical (unpaired) electrons. The second-order valence-corrected chi connectivity index (χ2v) is 5.18. The molecule has 0 unspecified atom stereocenters. The fraction of sp³-hybridized carbons (Fsp3) is 0.692. The summed E-state index contributed by atoms with van der Waals surface area (Å²) in [5.41, 5.74) is 5.81. The van der Waals surface area contributed by atoms with Crippen LogP contribution in [-0.2, 0) is 0 Å². The molecule has 0 spiro atoms. The van der Waals surface area contributed by atoms with Crippen molar-refractivity contribution in [3.8, 4) is 5.75 Å². The number of nitrogens with zero attached hydrogens (tertiary/aromatic N) is 3. The Bertz CT molecular complexity index is 400. The van der Waals surface area contributed by atoms with Crippen LogP contribution in [0.2, 0.25) is 0 Å². The van der Waals surface area contributed by atoms with Gasteiger partial charge in [0.1, 0.15) is 6.33 Å². The quantitative estimate of drug-likeness (QED) is 0.888. The summed E-state index contributed by atoms with van der Waals surface area (Å²) >= 11 is 0. The standard InChI is InChI=1S/C13H22N4O/c1-9(2)10-4-6-17(7-5-10)13-11(18-3)12(14)15-8-16-13/h8-10H,4-7H2,1-3H3,(H2,14,15,16). The fourth-order valence-corrected chi connectivity index (χ4v) is 2.58. The largest absolute Gasteiger partial charge is 0.490 e. The van der Waals surface area contributed by atoms with E-state index in [1.807, 2.05) is 0 Å². The molecule has 2 N–H and O–H groups in total. The second-order valence-electron chi connectivity index (χ2n) is 5.18. The van der Waals surface area contributed by atoms with Crippen LogP contribution < -0.4 is 15.4 Å². The van der Waals surface area contributed by atoms with E-state index in [4.69, 9.17) is 10.5 Å². The van der Waals surface area contributed by atoms with Crippen molar-refractivity contribution in [2.24, 2.45) is 11.8 Å². The van der Waals surface area contributed by atoms with E-state index >= 15 is 0 Å². The molecule has 100 valence electrons. The lowest BCUT2D eigenvalue weighted by Crippen LogP contribution is -2.36. The van der Waals surface area contributed by atoms with Crippen LogP contribution in [0.25, 0.3) is 0 Å². The van der Waals surface area contributed by atoms with Crippen molar-refractivity contribution in [2.45, 2.75) is 26.7 Å². The van der Waals surface area contributed by atoms with Crippen molar-refractivity contribution in [3.63, 3.8) is 0 Å². The van der Waals surface area contributed by atoms with E-state index in [0.29, 0.717) is 11.6 Å². The average molecular weight is 250 g/mol. The lowest BCUT2D eigenvalue weighted by Gasteiger charge is -2.35. The summed E-state index contributed by atoms with van der Waals surface area (Å²) in [6.07, 6.45) is 3.90. The highest BCUT2D eigenvalue weighted by molar-refractivity contribution is 5.62. The molecule has 1 aromatic heterocycles. The molecular formula is C13H22N4O. The highest BCUT2D eigenvalue weighted by Crippen LogP contribution is 2.33. The summed E-state index contributed by atoms with van der Waals surface area (Å²) in [4.78, 5) is 10.5. The molecule has 2 rings (SSSR count). The molecule has 0 aromatic carbocycles. The highest BCUT2D eigenvalue weighted by Gasteiger charge is 2.25. The first-order valence-corrected chi connectivity index (χ1v) is 6.53. The van der Waals surface area contributed by atoms with E-state index in [0.717, 1.165) is 30.7 Å². The van der Waals surface area contributed by atoms with Gasteiger partial charge in [0, 0.05) is 13.1 Å². The predicted molar refractivity (Wildman–Crippen MR) is 72.8 cm³/mol. The van der Waals surface area contributed by atoms with Crippen molar-refractivity contribution in [2.75, 3.05) is 30.8 Å². The third-order valence-electron chi connectivity index (χ3n) is 3.80. The third-order valence-corrected chi connectivity index (χ3v) is 3.80. The summed E-state index contributed by atoms with van der Waals surface area (Å²) in [5.74, 6) is 3.40. The van der Waals surface area contributed by atoms with E-state index < -0.39 is 0 Å². The second kappa shape index (κ2) is 5.42. The van der Waals surface area contributed by atoms with Gasteiger partial charge in [0.15, 0.2) is 11.6 Å². The number of rotatable bonds is 3. The van der Waals surface area contributed by atoms with Crippen molar-refractivity contribution in [1.82, 2.24) is 9.97 Å². The number of hydrogen-bond acceptors (Lipinski definition) is 5. The molecular weight excluding hydrogens is 228 g/mol. The molecule has 0 saturated carbocycles. The van der Waals surface area contributed by atoms with E-state index in [9.17, 15) is 0 Å². The maximum Gasteiger partial charge on any atom is 0.204 e. The Morgan fingerprint density at radius 1 is 1.33 bits per heavy atom. The number of ether oxygens (including phenoxy) is 1. The van der Waals surface area contributed by atoms with Crippen LogP contribution in [0.4, 0.5) is 11.6 Å². The first kappa shape index (κ1) is 12.9. The zero-order valence-corrected chi connectivity index (χ0v) is 11.4. The molecule has 0 bridgehead atoms. The Morgan fingerprint density at radius 3 is 2.56 bits per heavy atom. The van der Waals surface area contributed by atoms with Crippen LogP contribution in [0.5, 0.6) is 5.75 Å². The van der Waals surface area contributed by atoms with Crippen LogP contribution in [-0.4, -0.2) is 30.2 Å². The van der Waals surface area contributed by atoms with Gasteiger partial charge in [-0.15, -0.1) is 0 Å². The van der Waals surface area contributed by atoms with Crippen LogP contribution in [0.1, 0.15) is 26.7 Å². The summed E-state index contributed by atoms with van der Waals surface area (Å²) in [5, 5.41) is 0. The molecule has 2 heterocycles. The minimum Gasteiger partial charge on any atom is -0.490 e. The van der Waals surface area contributed by atoms with Crippen molar-refractivity contribution in [3.05, 3.63) is 6.33 Å². The van der Waals surface area contributed by atoms with Gasteiger partial charge in [-0.25, -0.2) is 9.97 Å². The Kier molecular flexibility index (Phi) is 3.89. The normalized spacial score (nSPS) is 17.2. The maximum absolute atomic E-state index is 5.81. The number of nitrogens with two attached hydrogens (primary N) is 1. The summed E-state index contributed by atoms with van der Waals surface area (Å²) < 4.78 is 5.31. The first-order valence-electron chi connectivity index (χ1n) is 6.53. The SMILES string of the molecule is COc1c(N)ncnc1N1CCC(C(C)C)CC1. The zero-order valence-electron chi connectivity index (χ0n) is 11.4. The monoisotopic (exact) mass is 250 g/mol. The molecule has 18 heavy (non-hydrogen) atoms. The minimum atomic E-state index is 0.411. The molecule has 1 saturated heterocycles. The van der Waals surface area contributed by atoms with Gasteiger partial charge in [-0.05, 0) is 24.7 Å². The number of nitrogen functional groups attached to an aromatic ring is 1. The Labute approximate surface area is 108 Å². The van der Waals surface area contributed by atoms with Gasteiger partial charge in [0.05, 0.1) is 7.11 Å². The predicted octanol–water partition coefficient (Wildman–Crippen LogP) is 1.94. The van der Waals surface area contributed by atoms with E-state index in [1.165, 1.54) is 19.2 Å². The number of methoxy groups -OCH3 is 1. The highest BCUT2D eigenvalue weighted by atomic mass is 16.5. The summed E-state index contributed by atoms with van der Waals surface area (Å²) in [6.45, 7) is 6.61. The van der Waals surface area contributed by atoms with Crippen molar-refractivity contribution in [1.29, 1.82) is 0 Å². The molecule has 1 aromatic rings. The summed E-state index contributed by atoms with van der Waals surface area (Å²) in [6, 6.07) is 0. The lowest BCUT2D eigenvalue weighted by atomic mass is 9.87. The number of aromatic nitrogens is 2. The van der Waals surface area contributed by atoms with Gasteiger partial charge in [-0.3, -0.25) is 0 Å². The van der Waals surface area contributed by atoms with E-state index in [2.05, 4.69) is 28.7 Å². The molecule has 5 nitrogen and oxygen atoms in total. The van der Waals surface area contributed by atoms with Gasteiger partial charge in [-0.1, -0.05) is 13.8 Å². The maximum atomic E-state index is 5.81. The minimum absolute atomic E-state index is 0.411. The van der Waals surface area contributed by atoms with Crippen molar-refractivity contribution >= 4 is 11.6 Å². The van der Waals surface area contributed by atoms with Crippen LogP contribution in [0, 0.1) is 11.8 Å². The van der Waals surface area contributed by atoms with Gasteiger partial charge in [0.2, 0.25) is 5.75 Å². The number of piperidine rings is 1. The van der Waals surface area contributed by atoms with Gasteiger partial charge >= 0.3 is 0 Å². The smallest absolute Gasteiger partial charge is 0.204 e. The Balaban J connectivity index is 2.12. The Hall–Kier alpha value is -1.52. The van der Waals surface area contributed by atoms with E-state index in [-0.39, 0.29) is 0 Å². The first-order chi connectivity index (χ1) is 8.63. The molecule has 1 fully saturated rings. The van der Waals surface area contributed by atoms with Crippen molar-refractivity contribution < 1.29 is 4.74 Å². The van der Waals surface area contributed by atoms with Gasteiger partial charge in [-0.2, -0.15) is 0 Å². The molecule has 0 amide bonds. The topological polar surface area (TPSA) is 64.3 Å². The zero-order chi connectivity index (χ0) is 13.1. The Morgan fingerprint density at radius 2 is 2.00 bits per heavy atom.